The van der Waals surface area contributed by atoms with E-state index < -0.39 is 17.7 Å². The van der Waals surface area contributed by atoms with E-state index in [2.05, 4.69) is 15.6 Å². The maximum Gasteiger partial charge on any atom is 0.335 e. The summed E-state index contributed by atoms with van der Waals surface area (Å²) in [4.78, 5) is 24.0. The zero-order valence-electron chi connectivity index (χ0n) is 16.8. The van der Waals surface area contributed by atoms with Crippen LogP contribution in [-0.2, 0) is 4.79 Å². The SMILES string of the molecule is CC1=NN(c2cccc(F)c2)C(=O)C1=NNc1cccc(-c2cccc(C(=O)O)c2)c1O. The molecule has 0 bridgehead atoms. The van der Waals surface area contributed by atoms with E-state index in [0.717, 1.165) is 5.01 Å². The summed E-state index contributed by atoms with van der Waals surface area (Å²) in [6, 6.07) is 16.5. The highest BCUT2D eigenvalue weighted by atomic mass is 19.1. The van der Waals surface area contributed by atoms with E-state index in [9.17, 15) is 24.2 Å². The second-order valence-corrected chi connectivity index (χ2v) is 6.94. The Kier molecular flexibility index (Phi) is 5.38. The predicted octanol–water partition coefficient (Wildman–Crippen LogP) is 4.09. The Bertz CT molecular complexity index is 1300. The van der Waals surface area contributed by atoms with E-state index >= 15 is 0 Å². The smallest absolute Gasteiger partial charge is 0.335 e. The fourth-order valence-electron chi connectivity index (χ4n) is 3.21. The monoisotopic (exact) mass is 432 g/mol. The first-order valence-electron chi connectivity index (χ1n) is 9.50. The van der Waals surface area contributed by atoms with Gasteiger partial charge in [0.2, 0.25) is 0 Å². The number of para-hydroxylation sites is 1. The Labute approximate surface area is 181 Å². The Morgan fingerprint density at radius 1 is 1.09 bits per heavy atom. The van der Waals surface area contributed by atoms with Crippen LogP contribution in [0.1, 0.15) is 17.3 Å². The number of anilines is 2. The molecule has 0 atom stereocenters. The Morgan fingerprint density at radius 2 is 1.84 bits per heavy atom. The second kappa shape index (κ2) is 8.31. The lowest BCUT2D eigenvalue weighted by Gasteiger charge is -2.12. The first-order chi connectivity index (χ1) is 15.3. The average Bonchev–Trinajstić information content (AvgIpc) is 3.06. The lowest BCUT2D eigenvalue weighted by atomic mass is 10.0. The van der Waals surface area contributed by atoms with Gasteiger partial charge in [-0.3, -0.25) is 10.2 Å². The van der Waals surface area contributed by atoms with Crippen molar-refractivity contribution in [1.29, 1.82) is 0 Å². The number of aromatic hydroxyl groups is 1. The summed E-state index contributed by atoms with van der Waals surface area (Å²) in [5.74, 6) is -2.29. The molecule has 0 aliphatic carbocycles. The van der Waals surface area contributed by atoms with Crippen LogP contribution in [0.5, 0.6) is 5.75 Å². The van der Waals surface area contributed by atoms with Crippen LogP contribution in [-0.4, -0.2) is 33.5 Å². The molecule has 9 heteroatoms. The molecule has 160 valence electrons. The molecule has 0 unspecified atom stereocenters. The van der Waals surface area contributed by atoms with Gasteiger partial charge in [0.1, 0.15) is 11.6 Å². The number of hydrogen-bond donors (Lipinski definition) is 3. The number of carboxylic acid groups (broad SMARTS) is 1. The molecule has 0 aromatic heterocycles. The van der Waals surface area contributed by atoms with Crippen LogP contribution in [0.3, 0.4) is 0 Å². The van der Waals surface area contributed by atoms with Crippen LogP contribution in [0.15, 0.2) is 76.9 Å². The first kappa shape index (κ1) is 20.7. The van der Waals surface area contributed by atoms with Crippen molar-refractivity contribution in [2.24, 2.45) is 10.2 Å². The number of halogens is 1. The van der Waals surface area contributed by atoms with Gasteiger partial charge in [0.05, 0.1) is 22.6 Å². The van der Waals surface area contributed by atoms with Crippen molar-refractivity contribution in [1.82, 2.24) is 0 Å². The number of carboxylic acids is 1. The summed E-state index contributed by atoms with van der Waals surface area (Å²) in [5.41, 5.74) is 4.45. The molecule has 1 aliphatic rings. The molecule has 0 saturated heterocycles. The Balaban J connectivity index is 1.61. The third-order valence-corrected chi connectivity index (χ3v) is 4.79. The molecule has 32 heavy (non-hydrogen) atoms. The van der Waals surface area contributed by atoms with Gasteiger partial charge in [0, 0.05) is 5.56 Å². The van der Waals surface area contributed by atoms with Crippen LogP contribution in [0.4, 0.5) is 15.8 Å². The van der Waals surface area contributed by atoms with Gasteiger partial charge in [0.15, 0.2) is 5.71 Å². The fraction of sp³-hybridized carbons (Fsp3) is 0.0435. The highest BCUT2D eigenvalue weighted by Crippen LogP contribution is 2.36. The largest absolute Gasteiger partial charge is 0.505 e. The highest BCUT2D eigenvalue weighted by molar-refractivity contribution is 6.71. The summed E-state index contributed by atoms with van der Waals surface area (Å²) in [5, 5.41) is 29.2. The molecule has 0 saturated carbocycles. The van der Waals surface area contributed by atoms with Gasteiger partial charge in [-0.15, -0.1) is 0 Å². The van der Waals surface area contributed by atoms with Crippen LogP contribution in [0.25, 0.3) is 11.1 Å². The standard InChI is InChI=1S/C23H17FN4O4/c1-13-20(22(30)28(27-13)17-8-3-7-16(24)12-17)26-25-19-10-4-9-18(21(19)29)14-5-2-6-15(11-14)23(31)32/h2-12,25,29H,1H3,(H,31,32). The van der Waals surface area contributed by atoms with E-state index in [4.69, 9.17) is 0 Å². The van der Waals surface area contributed by atoms with Crippen molar-refractivity contribution in [3.63, 3.8) is 0 Å². The number of phenolic OH excluding ortho intramolecular Hbond substituents is 1. The summed E-state index contributed by atoms with van der Waals surface area (Å²) < 4.78 is 13.5. The fourth-order valence-corrected chi connectivity index (χ4v) is 3.21. The summed E-state index contributed by atoms with van der Waals surface area (Å²) in [6.07, 6.45) is 0. The topological polar surface area (TPSA) is 115 Å². The predicted molar refractivity (Wildman–Crippen MR) is 119 cm³/mol. The lowest BCUT2D eigenvalue weighted by Crippen LogP contribution is -2.28. The third-order valence-electron chi connectivity index (χ3n) is 4.79. The molecule has 1 aliphatic heterocycles. The van der Waals surface area contributed by atoms with Gasteiger partial charge in [0.25, 0.3) is 0 Å². The lowest BCUT2D eigenvalue weighted by molar-refractivity contribution is -0.112. The molecular formula is C23H17FN4O4. The quantitative estimate of drug-likeness (QED) is 0.415. The van der Waals surface area contributed by atoms with Crippen molar-refractivity contribution >= 4 is 34.7 Å². The maximum absolute atomic E-state index is 13.5. The maximum atomic E-state index is 13.5. The zero-order chi connectivity index (χ0) is 22.8. The summed E-state index contributed by atoms with van der Waals surface area (Å²) in [7, 11) is 0. The molecule has 0 radical (unpaired) electrons. The van der Waals surface area contributed by atoms with Crippen LogP contribution >= 0.6 is 0 Å². The van der Waals surface area contributed by atoms with Crippen molar-refractivity contribution in [3.8, 4) is 16.9 Å². The zero-order valence-corrected chi connectivity index (χ0v) is 16.8. The number of hydrogen-bond acceptors (Lipinski definition) is 6. The second-order valence-electron chi connectivity index (χ2n) is 6.94. The average molecular weight is 432 g/mol. The van der Waals surface area contributed by atoms with E-state index in [0.29, 0.717) is 16.8 Å². The van der Waals surface area contributed by atoms with Crippen LogP contribution in [0.2, 0.25) is 0 Å². The minimum Gasteiger partial charge on any atom is -0.505 e. The van der Waals surface area contributed by atoms with Crippen LogP contribution in [0, 0.1) is 5.82 Å². The van der Waals surface area contributed by atoms with Crippen molar-refractivity contribution in [3.05, 3.63) is 78.1 Å². The minimum atomic E-state index is -1.08. The number of rotatable bonds is 5. The normalized spacial score (nSPS) is 14.6. The van der Waals surface area contributed by atoms with Crippen molar-refractivity contribution < 1.29 is 24.2 Å². The molecule has 3 N–H and O–H groups in total. The molecule has 0 fully saturated rings. The molecule has 4 rings (SSSR count). The van der Waals surface area contributed by atoms with E-state index in [-0.39, 0.29) is 28.4 Å². The number of benzene rings is 3. The Morgan fingerprint density at radius 3 is 2.59 bits per heavy atom. The van der Waals surface area contributed by atoms with Gasteiger partial charge < -0.3 is 10.2 Å². The minimum absolute atomic E-state index is 0.00642. The molecule has 8 nitrogen and oxygen atoms in total. The number of nitrogens with one attached hydrogen (secondary N) is 1. The van der Waals surface area contributed by atoms with Gasteiger partial charge in [-0.2, -0.15) is 15.2 Å². The van der Waals surface area contributed by atoms with E-state index in [1.807, 2.05) is 0 Å². The molecule has 3 aromatic rings. The summed E-state index contributed by atoms with van der Waals surface area (Å²) in [6.45, 7) is 1.59. The van der Waals surface area contributed by atoms with Gasteiger partial charge in [-0.25, -0.2) is 9.18 Å². The number of carbonyl (C=O) groups is 2. The first-order valence-corrected chi connectivity index (χ1v) is 9.50. The highest BCUT2D eigenvalue weighted by Gasteiger charge is 2.31. The Hall–Kier alpha value is -4.53. The van der Waals surface area contributed by atoms with Crippen molar-refractivity contribution in [2.45, 2.75) is 6.92 Å². The number of amides is 1. The number of phenols is 1. The van der Waals surface area contributed by atoms with Crippen LogP contribution < -0.4 is 10.4 Å². The summed E-state index contributed by atoms with van der Waals surface area (Å²) >= 11 is 0. The number of nitrogens with zero attached hydrogens (tertiary/aromatic N) is 3. The molecule has 1 amide bonds. The van der Waals surface area contributed by atoms with E-state index in [1.54, 1.807) is 43.3 Å². The van der Waals surface area contributed by atoms with Gasteiger partial charge in [-0.1, -0.05) is 30.3 Å². The molecule has 3 aromatic carbocycles. The molecule has 1 heterocycles. The van der Waals surface area contributed by atoms with Gasteiger partial charge >= 0.3 is 11.9 Å². The number of carbonyl (C=O) groups excluding carboxylic acids is 1. The number of aromatic carboxylic acids is 1. The third kappa shape index (κ3) is 3.91. The molecular weight excluding hydrogens is 415 g/mol. The van der Waals surface area contributed by atoms with Crippen molar-refractivity contribution in [2.75, 3.05) is 10.4 Å². The number of hydrazone groups is 2. The van der Waals surface area contributed by atoms with Gasteiger partial charge in [-0.05, 0) is 48.9 Å². The molecule has 0 spiro atoms. The van der Waals surface area contributed by atoms with E-state index in [1.165, 1.54) is 30.3 Å².